The first kappa shape index (κ1) is 62.5. The highest BCUT2D eigenvalue weighted by Gasteiger charge is 2.59. The lowest BCUT2D eigenvalue weighted by Crippen LogP contribution is -2.64. The highest BCUT2D eigenvalue weighted by molar-refractivity contribution is 7.46. The van der Waals surface area contributed by atoms with Crippen molar-refractivity contribution in [3.63, 3.8) is 0 Å². The second kappa shape index (κ2) is 24.9. The van der Waals surface area contributed by atoms with Crippen molar-refractivity contribution in [2.45, 2.75) is 112 Å². The summed E-state index contributed by atoms with van der Waals surface area (Å²) in [5.41, 5.74) is 4.80. The van der Waals surface area contributed by atoms with E-state index in [9.17, 15) is 44.4 Å². The van der Waals surface area contributed by atoms with Gasteiger partial charge in [0.05, 0.1) is 78.9 Å². The maximum absolute atomic E-state index is 13.5. The molecule has 0 radical (unpaired) electrons. The predicted octanol–water partition coefficient (Wildman–Crippen LogP) is 2.25. The summed E-state index contributed by atoms with van der Waals surface area (Å²) in [6.45, 7) is 4.33. The van der Waals surface area contributed by atoms with Gasteiger partial charge in [-0.2, -0.15) is 0 Å². The fourth-order valence-electron chi connectivity index (χ4n) is 14.1. The molecule has 2 aliphatic carbocycles. The molecular formula is C60H70NO28P. The van der Waals surface area contributed by atoms with E-state index in [0.717, 1.165) is 22.3 Å². The van der Waals surface area contributed by atoms with Gasteiger partial charge in [-0.05, 0) is 103 Å². The molecule has 4 aromatic rings. The number of cyclic esters (lactones) is 2. The molecule has 20 atom stereocenters. The zero-order chi connectivity index (χ0) is 63.2. The van der Waals surface area contributed by atoms with Gasteiger partial charge in [0.1, 0.15) is 60.3 Å². The summed E-state index contributed by atoms with van der Waals surface area (Å²) < 4.78 is 121. The highest BCUT2D eigenvalue weighted by atomic mass is 31.2. The van der Waals surface area contributed by atoms with Crippen molar-refractivity contribution in [1.29, 1.82) is 0 Å². The molecule has 6 saturated heterocycles. The summed E-state index contributed by atoms with van der Waals surface area (Å²) in [5.74, 6) is -1.86. The predicted molar refractivity (Wildman–Crippen MR) is 299 cm³/mol. The maximum atomic E-state index is 13.5. The molecule has 30 heteroatoms. The second-order valence-corrected chi connectivity index (χ2v) is 24.4. The van der Waals surface area contributed by atoms with Crippen molar-refractivity contribution >= 4 is 19.8 Å². The first-order valence-corrected chi connectivity index (χ1v) is 30.8. The van der Waals surface area contributed by atoms with Gasteiger partial charge in [-0.25, -0.2) is 4.57 Å². The summed E-state index contributed by atoms with van der Waals surface area (Å²) in [7, 11) is 2.50. The summed E-state index contributed by atoms with van der Waals surface area (Å²) in [6, 6.07) is 14.0. The Labute approximate surface area is 514 Å². The fourth-order valence-corrected chi connectivity index (χ4v) is 14.5. The van der Waals surface area contributed by atoms with Crippen LogP contribution in [-0.2, 0) is 61.5 Å². The molecule has 0 bridgehead atoms. The average molecular weight is 1280 g/mol. The number of ether oxygens (including phenoxy) is 18. The smallest absolute Gasteiger partial charge is 0.496 e. The highest BCUT2D eigenvalue weighted by Crippen LogP contribution is 2.60. The van der Waals surface area contributed by atoms with Gasteiger partial charge < -0.3 is 116 Å². The van der Waals surface area contributed by atoms with Crippen molar-refractivity contribution in [3.8, 4) is 51.7 Å². The summed E-state index contributed by atoms with van der Waals surface area (Å²) in [6.07, 6.45) is -14.0. The monoisotopic (exact) mass is 1280 g/mol. The van der Waals surface area contributed by atoms with Crippen LogP contribution in [-0.4, -0.2) is 198 Å². The maximum Gasteiger partial charge on any atom is 0.525 e. The Hall–Kier alpha value is -6.35. The van der Waals surface area contributed by atoms with Crippen LogP contribution in [0.15, 0.2) is 48.5 Å². The van der Waals surface area contributed by atoms with E-state index in [1.165, 1.54) is 26.4 Å². The second-order valence-electron chi connectivity index (χ2n) is 23.2. The first-order valence-electron chi connectivity index (χ1n) is 29.3. The molecule has 8 heterocycles. The zero-order valence-corrected chi connectivity index (χ0v) is 50.6. The van der Waals surface area contributed by atoms with Gasteiger partial charge in [0.25, 0.3) is 0 Å². The zero-order valence-electron chi connectivity index (χ0n) is 49.7. The third-order valence-electron chi connectivity index (χ3n) is 18.2. The SMILES string of the molecule is CNCC1OCC2OC(O[C@@H]3c4cc5c(cc4C(c4cc(OC)c(OP(=O)(O)O)c(OC)c4)[C@H]4C(=O)OC[C@H]34)OCO5)C(O)C(O)C2O1.COc1cc([C@@H]2c3cc4c(cc3[C@@H](OC3OC5COC(C)OC5C(O)C3O)[C@H]3COC(=O)[C@H]23)OCO4)cc(OC)c1C. The number of carbonyl (C=O) groups excluding carboxylic acids is 2. The van der Waals surface area contributed by atoms with Crippen LogP contribution in [0.5, 0.6) is 51.7 Å². The number of phosphoric ester groups is 1. The molecule has 6 fully saturated rings. The van der Waals surface area contributed by atoms with E-state index >= 15 is 0 Å². The van der Waals surface area contributed by atoms with Gasteiger partial charge in [-0.1, -0.05) is 0 Å². The van der Waals surface area contributed by atoms with E-state index in [-0.39, 0.29) is 63.2 Å². The summed E-state index contributed by atoms with van der Waals surface area (Å²) in [4.78, 5) is 46.0. The van der Waals surface area contributed by atoms with Gasteiger partial charge in [0, 0.05) is 35.8 Å². The topological polar surface area (TPSA) is 360 Å². The van der Waals surface area contributed by atoms with Crippen molar-refractivity contribution < 1.29 is 134 Å². The number of fused-ring (bicyclic) bond motifs is 8. The van der Waals surface area contributed by atoms with Crippen LogP contribution in [0.1, 0.15) is 69.9 Å². The minimum atomic E-state index is -5.01. The van der Waals surface area contributed by atoms with E-state index in [2.05, 4.69) is 5.32 Å². The Kier molecular flexibility index (Phi) is 17.3. The van der Waals surface area contributed by atoms with Crippen molar-refractivity contribution in [1.82, 2.24) is 5.32 Å². The Morgan fingerprint density at radius 1 is 0.544 bits per heavy atom. The van der Waals surface area contributed by atoms with Gasteiger partial charge in [-0.3, -0.25) is 19.4 Å². The van der Waals surface area contributed by atoms with Crippen molar-refractivity contribution in [2.75, 3.05) is 82.0 Å². The fraction of sp³-hybridized carbons (Fsp3) is 0.567. The average Bonchev–Trinajstić information content (AvgIpc) is 1.26. The van der Waals surface area contributed by atoms with Crippen LogP contribution < -0.4 is 47.7 Å². The largest absolute Gasteiger partial charge is 0.525 e. The third kappa shape index (κ3) is 11.2. The molecule has 0 spiro atoms. The normalized spacial score (nSPS) is 35.0. The molecule has 4 aromatic carbocycles. The van der Waals surface area contributed by atoms with E-state index in [4.69, 9.17) is 89.8 Å². The van der Waals surface area contributed by atoms with Crippen LogP contribution in [0, 0.1) is 30.6 Å². The number of likely N-dealkylation sites (N-methyl/N-ethyl adjacent to an activating group) is 1. The Bertz CT molecular complexity index is 3370. The number of benzene rings is 4. The minimum absolute atomic E-state index is 0.0341. The number of hydrogen-bond donors (Lipinski definition) is 7. The number of esters is 2. The number of nitrogens with one attached hydrogen (secondary N) is 1. The van der Waals surface area contributed by atoms with E-state index in [0.29, 0.717) is 57.7 Å². The molecule has 10 aliphatic rings. The number of carbonyl (C=O) groups is 2. The molecule has 90 heavy (non-hydrogen) atoms. The minimum Gasteiger partial charge on any atom is -0.496 e. The van der Waals surface area contributed by atoms with E-state index in [1.54, 1.807) is 40.3 Å². The van der Waals surface area contributed by atoms with Gasteiger partial charge in [-0.15, -0.1) is 0 Å². The van der Waals surface area contributed by atoms with Crippen molar-refractivity contribution in [3.05, 3.63) is 87.5 Å². The van der Waals surface area contributed by atoms with E-state index < -0.39 is 135 Å². The molecule has 0 amide bonds. The molecule has 29 nitrogen and oxygen atoms in total. The number of aliphatic hydroxyl groups excluding tert-OH is 4. The van der Waals surface area contributed by atoms with Crippen LogP contribution >= 0.6 is 7.82 Å². The van der Waals surface area contributed by atoms with E-state index in [1.807, 2.05) is 31.2 Å². The number of aliphatic hydroxyl groups is 4. The quantitative estimate of drug-likeness (QED) is 0.0703. The molecule has 7 N–H and O–H groups in total. The lowest BCUT2D eigenvalue weighted by Gasteiger charge is -2.48. The van der Waals surface area contributed by atoms with Gasteiger partial charge in [0.15, 0.2) is 59.7 Å². The van der Waals surface area contributed by atoms with Crippen LogP contribution in [0.25, 0.3) is 0 Å². The number of rotatable bonds is 14. The molecule has 14 rings (SSSR count). The number of methoxy groups -OCH3 is 4. The number of hydrogen-bond acceptors (Lipinski definition) is 27. The Morgan fingerprint density at radius 2 is 0.967 bits per heavy atom. The van der Waals surface area contributed by atoms with Crippen LogP contribution in [0.2, 0.25) is 0 Å². The lowest BCUT2D eigenvalue weighted by atomic mass is 9.66. The molecule has 488 valence electrons. The number of phosphoric acid groups is 1. The van der Waals surface area contributed by atoms with Crippen LogP contribution in [0.3, 0.4) is 0 Å². The molecule has 8 aliphatic heterocycles. The third-order valence-corrected chi connectivity index (χ3v) is 18.7. The first-order chi connectivity index (χ1) is 43.3. The van der Waals surface area contributed by atoms with Gasteiger partial charge in [0.2, 0.25) is 19.3 Å². The summed E-state index contributed by atoms with van der Waals surface area (Å²) in [5, 5.41) is 47.2. The van der Waals surface area contributed by atoms with Crippen molar-refractivity contribution in [2.24, 2.45) is 23.7 Å². The summed E-state index contributed by atoms with van der Waals surface area (Å²) >= 11 is 0. The molecule has 0 saturated carbocycles. The van der Waals surface area contributed by atoms with Crippen LogP contribution in [0.4, 0.5) is 0 Å². The molecule has 13 unspecified atom stereocenters. The standard InChI is InChI=1S/C30H36NO16P.C30H34O12/c1-31-8-21-40-10-20-28(45-21)24(32)25(33)30(44-20)46-26-14-7-17-16(42-11-43-17)6-13(14)22(23-15(26)9-41-29(23)34)12-4-18(38-2)27(19(5-12)39-3)47-48(35,36)37;1-12-18(34-3)5-14(6-19(12)35-4)23-15-7-20-21(39-11-38-20)8-16(15)27(17-9-37-29(33)24(17)23)42-30-26(32)25(31)28-22(41-30)10-36-13(2)40-28/h4-7,15,20-26,28,30-33H,8-11H2,1-3H3,(H2,35,36,37);5-8,13,17,22-28,30-32H,9-11H2,1-4H3/t15-,20?,21?,22?,23-,24?,25?,26+,28?,30?;13?,17-,22?,23+,24-,25?,26?,27+,28?,30?/m00/s1. The Balaban J connectivity index is 0.000000167. The molecule has 0 aromatic heterocycles. The Morgan fingerprint density at radius 3 is 1.40 bits per heavy atom. The van der Waals surface area contributed by atoms with Gasteiger partial charge >= 0.3 is 19.8 Å². The lowest BCUT2D eigenvalue weighted by molar-refractivity contribution is -0.366. The molecular weight excluding hydrogens is 1210 g/mol.